The lowest BCUT2D eigenvalue weighted by atomic mass is 10.2. The minimum Gasteiger partial charge on any atom is -0.479 e. The molecule has 0 fully saturated rings. The Kier molecular flexibility index (Phi) is 5.31. The normalized spacial score (nSPS) is 11.8. The van der Waals surface area contributed by atoms with Crippen LogP contribution in [-0.2, 0) is 4.79 Å². The number of carbonyl (C=O) groups is 1. The Morgan fingerprint density at radius 3 is 2.74 bits per heavy atom. The van der Waals surface area contributed by atoms with E-state index in [9.17, 15) is 9.18 Å². The highest BCUT2D eigenvalue weighted by Gasteiger charge is 2.17. The van der Waals surface area contributed by atoms with E-state index in [2.05, 4.69) is 5.32 Å². The van der Waals surface area contributed by atoms with Crippen molar-refractivity contribution in [1.82, 2.24) is 5.32 Å². The van der Waals surface area contributed by atoms with Crippen molar-refractivity contribution < 1.29 is 13.9 Å². The predicted molar refractivity (Wildman–Crippen MR) is 69.1 cm³/mol. The third-order valence-corrected chi connectivity index (χ3v) is 2.44. The van der Waals surface area contributed by atoms with E-state index in [0.29, 0.717) is 12.5 Å². The van der Waals surface area contributed by atoms with Crippen LogP contribution in [0.5, 0.6) is 5.75 Å². The van der Waals surface area contributed by atoms with Crippen molar-refractivity contribution in [1.29, 1.82) is 5.26 Å². The van der Waals surface area contributed by atoms with Crippen molar-refractivity contribution in [3.8, 4) is 11.8 Å². The molecule has 0 heterocycles. The molecule has 0 aliphatic carbocycles. The molecule has 0 bridgehead atoms. The van der Waals surface area contributed by atoms with Crippen molar-refractivity contribution in [2.45, 2.75) is 26.9 Å². The van der Waals surface area contributed by atoms with Gasteiger partial charge in [-0.05, 0) is 25.0 Å². The van der Waals surface area contributed by atoms with Crippen LogP contribution in [0.1, 0.15) is 26.3 Å². The maximum atomic E-state index is 13.4. The molecule has 1 rings (SSSR count). The number of nitrogens with zero attached hydrogens (tertiary/aromatic N) is 1. The van der Waals surface area contributed by atoms with Gasteiger partial charge in [0, 0.05) is 6.54 Å². The van der Waals surface area contributed by atoms with E-state index >= 15 is 0 Å². The molecule has 0 saturated heterocycles. The molecule has 1 aromatic rings. The zero-order valence-corrected chi connectivity index (χ0v) is 11.2. The van der Waals surface area contributed by atoms with Crippen molar-refractivity contribution in [2.24, 2.45) is 5.92 Å². The molecule has 102 valence electrons. The first-order valence-electron chi connectivity index (χ1n) is 6.08. The number of carbonyl (C=O) groups excluding carboxylic acids is 1. The highest BCUT2D eigenvalue weighted by Crippen LogP contribution is 2.21. The number of ether oxygens (including phenoxy) is 1. The first kappa shape index (κ1) is 15.0. The van der Waals surface area contributed by atoms with E-state index in [-0.39, 0.29) is 17.2 Å². The summed E-state index contributed by atoms with van der Waals surface area (Å²) in [5.74, 6) is -0.536. The fraction of sp³-hybridized carbons (Fsp3) is 0.429. The van der Waals surface area contributed by atoms with Gasteiger partial charge in [-0.15, -0.1) is 0 Å². The number of halogens is 1. The fourth-order valence-corrected chi connectivity index (χ4v) is 1.40. The van der Waals surface area contributed by atoms with Crippen LogP contribution in [0, 0.1) is 23.1 Å². The number of rotatable bonds is 5. The van der Waals surface area contributed by atoms with Crippen LogP contribution in [0.25, 0.3) is 0 Å². The average molecular weight is 264 g/mol. The van der Waals surface area contributed by atoms with Crippen molar-refractivity contribution in [3.05, 3.63) is 29.6 Å². The van der Waals surface area contributed by atoms with Gasteiger partial charge in [0.15, 0.2) is 6.10 Å². The molecule has 19 heavy (non-hydrogen) atoms. The minimum absolute atomic E-state index is 0.0784. The molecule has 0 aliphatic heterocycles. The fourth-order valence-electron chi connectivity index (χ4n) is 1.40. The van der Waals surface area contributed by atoms with E-state index in [1.807, 2.05) is 13.8 Å². The van der Waals surface area contributed by atoms with Crippen LogP contribution >= 0.6 is 0 Å². The SMILES string of the molecule is CC(C)CNC(=O)C(C)Oc1cccc(F)c1C#N. The molecule has 1 N–H and O–H groups in total. The number of nitriles is 1. The number of benzene rings is 1. The second-order valence-electron chi connectivity index (χ2n) is 4.62. The molecule has 1 unspecified atom stereocenters. The molecule has 4 nitrogen and oxygen atoms in total. The summed E-state index contributed by atoms with van der Waals surface area (Å²) in [5.41, 5.74) is -0.189. The average Bonchev–Trinajstić information content (AvgIpc) is 2.36. The summed E-state index contributed by atoms with van der Waals surface area (Å²) < 4.78 is 18.7. The van der Waals surface area contributed by atoms with Gasteiger partial charge in [-0.3, -0.25) is 4.79 Å². The zero-order chi connectivity index (χ0) is 14.4. The summed E-state index contributed by atoms with van der Waals surface area (Å²) >= 11 is 0. The lowest BCUT2D eigenvalue weighted by molar-refractivity contribution is -0.127. The van der Waals surface area contributed by atoms with Gasteiger partial charge in [-0.1, -0.05) is 19.9 Å². The third kappa shape index (κ3) is 4.25. The summed E-state index contributed by atoms with van der Waals surface area (Å²) in [6.07, 6.45) is -0.785. The zero-order valence-electron chi connectivity index (χ0n) is 11.2. The lowest BCUT2D eigenvalue weighted by Gasteiger charge is -2.16. The number of nitrogens with one attached hydrogen (secondary N) is 1. The Bertz CT molecular complexity index is 495. The molecule has 0 spiro atoms. The van der Waals surface area contributed by atoms with Gasteiger partial charge in [0.2, 0.25) is 0 Å². The van der Waals surface area contributed by atoms with E-state index in [0.717, 1.165) is 0 Å². The molecule has 1 amide bonds. The highest BCUT2D eigenvalue weighted by atomic mass is 19.1. The summed E-state index contributed by atoms with van der Waals surface area (Å²) in [6.45, 7) is 6.06. The Hall–Kier alpha value is -2.09. The van der Waals surface area contributed by atoms with Gasteiger partial charge in [0.1, 0.15) is 23.2 Å². The molecule has 1 aromatic carbocycles. The second kappa shape index (κ2) is 6.74. The van der Waals surface area contributed by atoms with Gasteiger partial charge >= 0.3 is 0 Å². The van der Waals surface area contributed by atoms with Crippen LogP contribution in [0.2, 0.25) is 0 Å². The number of hydrogen-bond donors (Lipinski definition) is 1. The predicted octanol–water partition coefficient (Wildman–Crippen LogP) is 2.24. The van der Waals surface area contributed by atoms with Crippen LogP contribution < -0.4 is 10.1 Å². The largest absolute Gasteiger partial charge is 0.479 e. The van der Waals surface area contributed by atoms with Gasteiger partial charge in [0.05, 0.1) is 0 Å². The van der Waals surface area contributed by atoms with Gasteiger partial charge in [-0.25, -0.2) is 4.39 Å². The topological polar surface area (TPSA) is 62.1 Å². The first-order chi connectivity index (χ1) is 8.95. The Labute approximate surface area is 112 Å². The lowest BCUT2D eigenvalue weighted by Crippen LogP contribution is -2.38. The summed E-state index contributed by atoms with van der Waals surface area (Å²) in [5, 5.41) is 11.6. The minimum atomic E-state index is -0.785. The maximum absolute atomic E-state index is 13.4. The number of hydrogen-bond acceptors (Lipinski definition) is 3. The number of amides is 1. The van der Waals surface area contributed by atoms with Crippen molar-refractivity contribution in [3.63, 3.8) is 0 Å². The Morgan fingerprint density at radius 2 is 2.16 bits per heavy atom. The van der Waals surface area contributed by atoms with Gasteiger partial charge in [0.25, 0.3) is 5.91 Å². The highest BCUT2D eigenvalue weighted by molar-refractivity contribution is 5.80. The molecule has 0 radical (unpaired) electrons. The summed E-state index contributed by atoms with van der Waals surface area (Å²) in [6, 6.07) is 5.80. The molecular formula is C14H17FN2O2. The molecule has 1 atom stereocenters. The van der Waals surface area contributed by atoms with Gasteiger partial charge < -0.3 is 10.1 Å². The van der Waals surface area contributed by atoms with Crippen LogP contribution in [0.15, 0.2) is 18.2 Å². The first-order valence-corrected chi connectivity index (χ1v) is 6.08. The smallest absolute Gasteiger partial charge is 0.260 e. The maximum Gasteiger partial charge on any atom is 0.260 e. The molecule has 5 heteroatoms. The van der Waals surface area contributed by atoms with E-state index < -0.39 is 11.9 Å². The van der Waals surface area contributed by atoms with E-state index in [1.54, 1.807) is 13.0 Å². The molecule has 0 saturated carbocycles. The molecule has 0 aliphatic rings. The summed E-state index contributed by atoms with van der Waals surface area (Å²) in [4.78, 5) is 11.7. The van der Waals surface area contributed by atoms with Crippen LogP contribution in [-0.4, -0.2) is 18.6 Å². The Morgan fingerprint density at radius 1 is 1.47 bits per heavy atom. The summed E-state index contributed by atoms with van der Waals surface area (Å²) in [7, 11) is 0. The molecule has 0 aromatic heterocycles. The molecular weight excluding hydrogens is 247 g/mol. The quantitative estimate of drug-likeness (QED) is 0.887. The standard InChI is InChI=1S/C14H17FN2O2/c1-9(2)8-17-14(18)10(3)19-13-6-4-5-12(15)11(13)7-16/h4-6,9-10H,8H2,1-3H3,(H,17,18). The van der Waals surface area contributed by atoms with E-state index in [1.165, 1.54) is 18.2 Å². The third-order valence-electron chi connectivity index (χ3n) is 2.44. The van der Waals surface area contributed by atoms with Crippen molar-refractivity contribution in [2.75, 3.05) is 6.54 Å². The van der Waals surface area contributed by atoms with Crippen molar-refractivity contribution >= 4 is 5.91 Å². The van der Waals surface area contributed by atoms with Crippen LogP contribution in [0.3, 0.4) is 0 Å². The monoisotopic (exact) mass is 264 g/mol. The van der Waals surface area contributed by atoms with E-state index in [4.69, 9.17) is 10.00 Å². The van der Waals surface area contributed by atoms with Crippen LogP contribution in [0.4, 0.5) is 4.39 Å². The Balaban J connectivity index is 2.72. The second-order valence-corrected chi connectivity index (χ2v) is 4.62. The van der Waals surface area contributed by atoms with Gasteiger partial charge in [-0.2, -0.15) is 5.26 Å².